The number of rotatable bonds is 8. The van der Waals surface area contributed by atoms with Gasteiger partial charge in [-0.15, -0.1) is 17.1 Å². The minimum atomic E-state index is -2.42. The third-order valence-electron chi connectivity index (χ3n) is 12.6. The van der Waals surface area contributed by atoms with Gasteiger partial charge in [-0.25, -0.2) is 13.2 Å². The second kappa shape index (κ2) is 14.4. The molecule has 0 radical (unpaired) electrons. The maximum atomic E-state index is 17.5. The average molecular weight is 793 g/mol. The molecule has 0 unspecified atom stereocenters. The number of pyridine rings is 1. The zero-order valence-corrected chi connectivity index (χ0v) is 34.0. The largest absolute Gasteiger partial charge is 0.461 e. The van der Waals surface area contributed by atoms with Crippen LogP contribution < -0.4 is 15.4 Å². The molecule has 5 heterocycles. The van der Waals surface area contributed by atoms with E-state index in [0.717, 1.165) is 0 Å². The lowest BCUT2D eigenvalue weighted by atomic mass is 9.95. The zero-order valence-electron chi connectivity index (χ0n) is 34.2. The Hall–Kier alpha value is -3.63. The van der Waals surface area contributed by atoms with Crippen LogP contribution in [0.25, 0.3) is 32.9 Å². The van der Waals surface area contributed by atoms with Crippen LogP contribution in [0.3, 0.4) is 0 Å². The first-order valence-corrected chi connectivity index (χ1v) is 22.2. The highest BCUT2D eigenvalue weighted by Gasteiger charge is 2.55. The Morgan fingerprint density at radius 1 is 1.13 bits per heavy atom. The number of hydrogen-bond acceptors (Lipinski definition) is 8. The second-order valence-electron chi connectivity index (χ2n) is 16.7. The van der Waals surface area contributed by atoms with Gasteiger partial charge < -0.3 is 20.1 Å². The zero-order chi connectivity index (χ0) is 40.8. The molecule has 8 rings (SSSR count). The minimum absolute atomic E-state index is 0.00922. The fraction of sp³-hybridized carbons (Fsp3) is 0.548. The van der Waals surface area contributed by atoms with E-state index in [1.54, 1.807) is 18.2 Å². The molecule has 13 heteroatoms. The molecule has 0 bridgehead atoms. The van der Waals surface area contributed by atoms with E-state index in [-0.39, 0.29) is 63.8 Å². The van der Waals surface area contributed by atoms with Gasteiger partial charge in [0.1, 0.15) is 43.7 Å². The second-order valence-corrected chi connectivity index (χ2v) is 22.8. The van der Waals surface area contributed by atoms with Crippen molar-refractivity contribution in [3.8, 4) is 28.7 Å². The monoisotopic (exact) mass is 792 g/mol. The number of ether oxygens (including phenoxy) is 2. The Balaban J connectivity index is 1.33. The van der Waals surface area contributed by atoms with Crippen molar-refractivity contribution < 1.29 is 25.4 Å². The molecule has 2 aromatic carbocycles. The number of nitrogens with two attached hydrogens (primary N) is 1. The summed E-state index contributed by atoms with van der Waals surface area (Å²) in [6.45, 7) is 12.5. The summed E-state index contributed by atoms with van der Waals surface area (Å²) in [6, 6.07) is 5.67. The summed E-state index contributed by atoms with van der Waals surface area (Å²) in [5.41, 5.74) is 10.1. The third kappa shape index (κ3) is 6.43. The number of fused-ring (bicyclic) bond motifs is 4. The Labute approximate surface area is 330 Å². The summed E-state index contributed by atoms with van der Waals surface area (Å²) in [5, 5.41) is 0.962. The third-order valence-corrected chi connectivity index (χ3v) is 19.5. The number of nitrogen functional groups attached to an aromatic ring is 1. The standard InChI is InChI=1S/C42H50ClF3N6O2Si/c1-23(2)55(24(3)4,25(5)6)15-10-29-33(45)9-8-26-16-28(47)17-30(34(26)29)37-36(46)38-31(19-48-37)40(52-13-14-53-21-32-35(43)39(32)52)50-41(49-38)54-22-42-11-7-12-51(42)20-27(44)18-42/h8-9,16-17,19,23-25,27,32,35,39H,7,11-14,18,20-22,47H2,1-6H3/t27-,32+,35+,39+,42+/m1/s1/i22D2. The van der Waals surface area contributed by atoms with E-state index in [1.165, 1.54) is 12.3 Å². The van der Waals surface area contributed by atoms with Gasteiger partial charge in [-0.05, 0) is 59.6 Å². The first kappa shape index (κ1) is 35.8. The van der Waals surface area contributed by atoms with Gasteiger partial charge in [0.05, 0.1) is 43.9 Å². The van der Waals surface area contributed by atoms with Gasteiger partial charge in [0.25, 0.3) is 0 Å². The number of aromatic nitrogens is 3. The van der Waals surface area contributed by atoms with Crippen molar-refractivity contribution in [1.82, 2.24) is 19.9 Å². The predicted octanol–water partition coefficient (Wildman–Crippen LogP) is 8.67. The normalized spacial score (nSPS) is 26.2. The molecular formula is C42H50ClF3N6O2Si. The number of benzene rings is 2. The Kier molecular flexibility index (Phi) is 9.35. The molecule has 4 aliphatic rings. The lowest BCUT2D eigenvalue weighted by molar-refractivity contribution is 0.107. The molecule has 0 spiro atoms. The Bertz CT molecular complexity index is 2290. The van der Waals surface area contributed by atoms with Gasteiger partial charge in [0, 0.05) is 48.3 Å². The van der Waals surface area contributed by atoms with Crippen LogP contribution in [0.4, 0.5) is 24.7 Å². The summed E-state index contributed by atoms with van der Waals surface area (Å²) in [6.07, 6.45) is 1.31. The van der Waals surface area contributed by atoms with Crippen LogP contribution in [0.1, 0.15) is 69.1 Å². The highest BCUT2D eigenvalue weighted by Crippen LogP contribution is 2.47. The number of nitrogens with zero attached hydrogens (tertiary/aromatic N) is 5. The molecule has 8 nitrogen and oxygen atoms in total. The SMILES string of the molecule is [2H]C([2H])(Oc1nc(N2CCOC[C@H]3[C@H](Cl)[C@H]32)c2cnc(-c3cc(N)cc4ccc(F)c(C#C[Si](C(C)C)(C(C)C)C(C)C)c34)c(F)c2n1)[C@@]12CCCN1C[C@H](F)C2. The van der Waals surface area contributed by atoms with Crippen molar-refractivity contribution in [3.05, 3.63) is 47.7 Å². The fourth-order valence-electron chi connectivity index (χ4n) is 9.94. The maximum absolute atomic E-state index is 17.5. The summed E-state index contributed by atoms with van der Waals surface area (Å²) in [5.74, 6) is 2.17. The minimum Gasteiger partial charge on any atom is -0.461 e. The number of alkyl halides is 2. The number of anilines is 2. The van der Waals surface area contributed by atoms with Crippen LogP contribution in [0.2, 0.25) is 16.6 Å². The molecule has 2 N–H and O–H groups in total. The summed E-state index contributed by atoms with van der Waals surface area (Å²) >= 11 is 6.73. The smallest absolute Gasteiger partial charge is 0.319 e. The molecule has 2 aromatic heterocycles. The molecule has 4 aromatic rings. The van der Waals surface area contributed by atoms with Gasteiger partial charge in [-0.1, -0.05) is 53.5 Å². The Morgan fingerprint density at radius 3 is 2.64 bits per heavy atom. The molecule has 4 fully saturated rings. The van der Waals surface area contributed by atoms with E-state index in [0.29, 0.717) is 72.2 Å². The summed E-state index contributed by atoms with van der Waals surface area (Å²) < 4.78 is 78.8. The molecule has 55 heavy (non-hydrogen) atoms. The van der Waals surface area contributed by atoms with Gasteiger partial charge in [0.15, 0.2) is 5.82 Å². The summed E-state index contributed by atoms with van der Waals surface area (Å²) in [7, 11) is -2.31. The van der Waals surface area contributed by atoms with E-state index in [2.05, 4.69) is 63.0 Å². The lowest BCUT2D eigenvalue weighted by Gasteiger charge is -2.38. The number of halogens is 4. The van der Waals surface area contributed by atoms with Crippen molar-refractivity contribution >= 4 is 52.9 Å². The van der Waals surface area contributed by atoms with Crippen molar-refractivity contribution in [3.63, 3.8) is 0 Å². The van der Waals surface area contributed by atoms with Crippen LogP contribution >= 0.6 is 11.6 Å². The molecule has 292 valence electrons. The molecule has 0 amide bonds. The average Bonchev–Trinajstić information content (AvgIpc) is 3.50. The number of hydrogen-bond donors (Lipinski definition) is 1. The topological polar surface area (TPSA) is 89.6 Å². The van der Waals surface area contributed by atoms with E-state index < -0.39 is 44.0 Å². The van der Waals surface area contributed by atoms with Gasteiger partial charge >= 0.3 is 6.01 Å². The van der Waals surface area contributed by atoms with Gasteiger partial charge in [-0.3, -0.25) is 9.88 Å². The fourth-order valence-corrected chi connectivity index (χ4v) is 15.6. The van der Waals surface area contributed by atoms with Crippen LogP contribution in [0, 0.1) is 29.0 Å². The molecular weight excluding hydrogens is 741 g/mol. The first-order valence-electron chi connectivity index (χ1n) is 20.5. The van der Waals surface area contributed by atoms with E-state index in [9.17, 15) is 7.13 Å². The van der Waals surface area contributed by atoms with Gasteiger partial charge in [-0.2, -0.15) is 9.97 Å². The van der Waals surface area contributed by atoms with E-state index in [1.807, 2.05) is 9.80 Å². The Morgan fingerprint density at radius 2 is 1.89 bits per heavy atom. The maximum Gasteiger partial charge on any atom is 0.319 e. The lowest BCUT2D eigenvalue weighted by Crippen LogP contribution is -2.43. The quantitative estimate of drug-likeness (QED) is 0.0821. The van der Waals surface area contributed by atoms with Crippen LogP contribution in [-0.4, -0.2) is 90.5 Å². The van der Waals surface area contributed by atoms with Crippen molar-refractivity contribution in [1.29, 1.82) is 0 Å². The van der Waals surface area contributed by atoms with Crippen LogP contribution in [-0.2, 0) is 4.74 Å². The summed E-state index contributed by atoms with van der Waals surface area (Å²) in [4.78, 5) is 17.7. The van der Waals surface area contributed by atoms with E-state index in [4.69, 9.17) is 31.8 Å². The molecule has 5 atom stereocenters. The highest BCUT2D eigenvalue weighted by molar-refractivity contribution is 6.90. The molecule has 3 aliphatic heterocycles. The van der Waals surface area contributed by atoms with E-state index >= 15 is 8.78 Å². The van der Waals surface area contributed by atoms with Crippen LogP contribution in [0.15, 0.2) is 30.5 Å². The van der Waals surface area contributed by atoms with Gasteiger partial charge in [0.2, 0.25) is 0 Å². The molecule has 3 saturated heterocycles. The van der Waals surface area contributed by atoms with Crippen molar-refractivity contribution in [2.75, 3.05) is 50.0 Å². The first-order chi connectivity index (χ1) is 27.0. The predicted molar refractivity (Wildman–Crippen MR) is 216 cm³/mol. The highest BCUT2D eigenvalue weighted by atomic mass is 35.5. The van der Waals surface area contributed by atoms with Crippen molar-refractivity contribution in [2.24, 2.45) is 5.92 Å². The van der Waals surface area contributed by atoms with Crippen LogP contribution in [0.5, 0.6) is 6.01 Å². The molecule has 1 saturated carbocycles. The molecule has 1 aliphatic carbocycles. The van der Waals surface area contributed by atoms with Crippen molar-refractivity contribution in [2.45, 2.75) is 101 Å².